The summed E-state index contributed by atoms with van der Waals surface area (Å²) in [4.78, 5) is 33.3. The third kappa shape index (κ3) is 5.20. The van der Waals surface area contributed by atoms with Crippen molar-refractivity contribution in [2.24, 2.45) is 4.99 Å². The monoisotopic (exact) mass is 631 g/mol. The van der Waals surface area contributed by atoms with Gasteiger partial charge in [0.2, 0.25) is 0 Å². The second-order valence-electron chi connectivity index (χ2n) is 11.6. The molecule has 5 aromatic carbocycles. The van der Waals surface area contributed by atoms with Crippen LogP contribution in [0.1, 0.15) is 29.7 Å². The predicted molar refractivity (Wildman–Crippen MR) is 187 cm³/mol. The molecule has 0 bridgehead atoms. The Balaban J connectivity index is 1.25. The molecule has 0 fully saturated rings. The molecule has 2 aromatic heterocycles. The number of nitrogens with zero attached hydrogens (tertiary/aromatic N) is 3. The van der Waals surface area contributed by atoms with Crippen molar-refractivity contribution in [3.8, 4) is 5.75 Å². The summed E-state index contributed by atoms with van der Waals surface area (Å²) in [7, 11) is 0. The molecule has 7 heteroatoms. The lowest BCUT2D eigenvalue weighted by molar-refractivity contribution is -0.130. The van der Waals surface area contributed by atoms with Crippen LogP contribution in [0.3, 0.4) is 0 Å². The van der Waals surface area contributed by atoms with Crippen molar-refractivity contribution in [3.63, 3.8) is 0 Å². The first-order chi connectivity index (χ1) is 23.0. The van der Waals surface area contributed by atoms with E-state index in [0.717, 1.165) is 22.0 Å². The van der Waals surface area contributed by atoms with E-state index in [-0.39, 0.29) is 5.56 Å². The van der Waals surface area contributed by atoms with E-state index in [1.54, 1.807) is 23.6 Å². The molecule has 0 amide bonds. The average Bonchev–Trinajstić information content (AvgIpc) is 3.60. The lowest BCUT2D eigenvalue weighted by Gasteiger charge is -2.24. The number of esters is 1. The molecule has 1 unspecified atom stereocenters. The Morgan fingerprint density at radius 3 is 2.32 bits per heavy atom. The number of hydrogen-bond donors (Lipinski definition) is 0. The van der Waals surface area contributed by atoms with Gasteiger partial charge in [-0.05, 0) is 53.1 Å². The van der Waals surface area contributed by atoms with Crippen molar-refractivity contribution < 1.29 is 9.53 Å². The zero-order chi connectivity index (χ0) is 31.9. The van der Waals surface area contributed by atoms with Crippen LogP contribution >= 0.6 is 11.3 Å². The zero-order valence-corrected chi connectivity index (χ0v) is 26.4. The van der Waals surface area contributed by atoms with E-state index in [2.05, 4.69) is 65.4 Å². The number of hydrogen-bond acceptors (Lipinski definition) is 5. The molecule has 6 nitrogen and oxygen atoms in total. The quantitative estimate of drug-likeness (QED) is 0.147. The van der Waals surface area contributed by atoms with Crippen LogP contribution in [0.15, 0.2) is 155 Å². The third-order valence-electron chi connectivity index (χ3n) is 8.64. The summed E-state index contributed by atoms with van der Waals surface area (Å²) in [6, 6.07) is 40.9. The average molecular weight is 632 g/mol. The van der Waals surface area contributed by atoms with Crippen molar-refractivity contribution in [1.82, 2.24) is 9.13 Å². The van der Waals surface area contributed by atoms with E-state index in [4.69, 9.17) is 9.73 Å². The summed E-state index contributed by atoms with van der Waals surface area (Å²) in [5.41, 5.74) is 4.73. The minimum Gasteiger partial charge on any atom is -0.423 e. The zero-order valence-electron chi connectivity index (χ0n) is 25.5. The van der Waals surface area contributed by atoms with Gasteiger partial charge in [-0.25, -0.2) is 9.79 Å². The van der Waals surface area contributed by atoms with Crippen molar-refractivity contribution in [2.75, 3.05) is 0 Å². The van der Waals surface area contributed by atoms with Crippen molar-refractivity contribution in [2.45, 2.75) is 19.5 Å². The summed E-state index contributed by atoms with van der Waals surface area (Å²) in [6.07, 6.45) is 4.07. The molecular weight excluding hydrogens is 603 g/mol. The maximum absolute atomic E-state index is 14.3. The van der Waals surface area contributed by atoms with Crippen LogP contribution < -0.4 is 19.6 Å². The molecule has 8 rings (SSSR count). The summed E-state index contributed by atoms with van der Waals surface area (Å²) >= 11 is 1.33. The van der Waals surface area contributed by atoms with Crippen LogP contribution in [0.4, 0.5) is 0 Å². The minimum atomic E-state index is -0.682. The summed E-state index contributed by atoms with van der Waals surface area (Å²) in [5, 5.41) is 3.49. The maximum Gasteiger partial charge on any atom is 0.343 e. The van der Waals surface area contributed by atoms with Gasteiger partial charge in [0, 0.05) is 29.2 Å². The standard InChI is InChI=1S/C40H29N3O3S/c1-26-36(39(45)46-31-18-6-3-7-19-31)37(28-14-4-2-5-15-28)43-38(44)35(47-40(43)41-26)23-30-25-42(34-22-11-10-21-33(30)34)24-29-17-12-16-27-13-8-9-20-32(27)29/h2-23,25,37H,24H2,1H3. The topological polar surface area (TPSA) is 65.6 Å². The molecule has 228 valence electrons. The maximum atomic E-state index is 14.3. The number of carbonyl (C=O) groups excluding carboxylic acids is 1. The molecule has 1 aliphatic heterocycles. The highest BCUT2D eigenvalue weighted by Gasteiger charge is 2.33. The lowest BCUT2D eigenvalue weighted by Crippen LogP contribution is -2.40. The van der Waals surface area contributed by atoms with Gasteiger partial charge in [-0.1, -0.05) is 121 Å². The number of aromatic nitrogens is 2. The molecule has 3 heterocycles. The van der Waals surface area contributed by atoms with Crippen LogP contribution in [0.25, 0.3) is 27.8 Å². The molecule has 1 atom stereocenters. The number of thiazole rings is 1. The molecule has 7 aromatic rings. The fraction of sp³-hybridized carbons (Fsp3) is 0.0750. The number of allylic oxidation sites excluding steroid dienone is 1. The largest absolute Gasteiger partial charge is 0.423 e. The summed E-state index contributed by atoms with van der Waals surface area (Å²) in [5.74, 6) is -0.0981. The Bertz CT molecular complexity index is 2520. The molecule has 0 saturated heterocycles. The SMILES string of the molecule is CC1=C(C(=O)Oc2ccccc2)C(c2ccccc2)n2c(sc(=Cc3cn(Cc4cccc5ccccc45)c4ccccc34)c2=O)=N1. The van der Waals surface area contributed by atoms with Gasteiger partial charge in [0.15, 0.2) is 4.80 Å². The highest BCUT2D eigenvalue weighted by atomic mass is 32.1. The van der Waals surface area contributed by atoms with Gasteiger partial charge in [0.05, 0.1) is 21.8 Å². The number of para-hydroxylation sites is 2. The second kappa shape index (κ2) is 11.9. The highest BCUT2D eigenvalue weighted by Crippen LogP contribution is 2.31. The van der Waals surface area contributed by atoms with E-state index < -0.39 is 12.0 Å². The van der Waals surface area contributed by atoms with E-state index in [1.165, 1.54) is 27.7 Å². The third-order valence-corrected chi connectivity index (χ3v) is 9.62. The predicted octanol–water partition coefficient (Wildman–Crippen LogP) is 7.00. The van der Waals surface area contributed by atoms with Crippen molar-refractivity contribution in [1.29, 1.82) is 0 Å². The molecule has 0 aliphatic carbocycles. The van der Waals surface area contributed by atoms with Crippen LogP contribution in [-0.4, -0.2) is 15.1 Å². The number of carbonyl (C=O) groups is 1. The van der Waals surface area contributed by atoms with Crippen LogP contribution in [0.2, 0.25) is 0 Å². The Morgan fingerprint density at radius 1 is 0.830 bits per heavy atom. The Morgan fingerprint density at radius 2 is 1.51 bits per heavy atom. The Hall–Kier alpha value is -5.79. The van der Waals surface area contributed by atoms with Gasteiger partial charge in [-0.15, -0.1) is 0 Å². The lowest BCUT2D eigenvalue weighted by atomic mass is 9.96. The van der Waals surface area contributed by atoms with E-state index >= 15 is 0 Å². The van der Waals surface area contributed by atoms with Gasteiger partial charge in [0.1, 0.15) is 5.75 Å². The Labute approximate surface area is 274 Å². The first kappa shape index (κ1) is 28.7. The molecule has 0 radical (unpaired) electrons. The van der Waals surface area contributed by atoms with Crippen LogP contribution in [0, 0.1) is 0 Å². The first-order valence-electron chi connectivity index (χ1n) is 15.4. The van der Waals surface area contributed by atoms with Crippen LogP contribution in [0.5, 0.6) is 5.75 Å². The minimum absolute atomic E-state index is 0.203. The molecule has 0 spiro atoms. The van der Waals surface area contributed by atoms with E-state index in [0.29, 0.717) is 32.9 Å². The highest BCUT2D eigenvalue weighted by molar-refractivity contribution is 7.07. The van der Waals surface area contributed by atoms with E-state index in [9.17, 15) is 9.59 Å². The molecule has 1 aliphatic rings. The number of ether oxygens (including phenoxy) is 1. The van der Waals surface area contributed by atoms with Crippen molar-refractivity contribution >= 4 is 45.1 Å². The first-order valence-corrected chi connectivity index (χ1v) is 16.3. The van der Waals surface area contributed by atoms with Gasteiger partial charge >= 0.3 is 5.97 Å². The molecular formula is C40H29N3O3S. The Kier molecular flexibility index (Phi) is 7.23. The number of benzene rings is 5. The fourth-order valence-corrected chi connectivity index (χ4v) is 7.50. The second-order valence-corrected chi connectivity index (χ2v) is 12.6. The van der Waals surface area contributed by atoms with Gasteiger partial charge in [0.25, 0.3) is 5.56 Å². The van der Waals surface area contributed by atoms with Gasteiger partial charge in [-0.3, -0.25) is 9.36 Å². The molecule has 0 saturated carbocycles. The van der Waals surface area contributed by atoms with Gasteiger partial charge in [-0.2, -0.15) is 0 Å². The summed E-state index contributed by atoms with van der Waals surface area (Å²) in [6.45, 7) is 2.49. The van der Waals surface area contributed by atoms with Crippen LogP contribution in [-0.2, 0) is 11.3 Å². The smallest absolute Gasteiger partial charge is 0.343 e. The van der Waals surface area contributed by atoms with E-state index in [1.807, 2.05) is 66.7 Å². The molecule has 47 heavy (non-hydrogen) atoms. The number of rotatable bonds is 6. The summed E-state index contributed by atoms with van der Waals surface area (Å²) < 4.78 is 10.2. The molecule has 0 N–H and O–H groups in total. The normalized spacial score (nSPS) is 14.7. The number of fused-ring (bicyclic) bond motifs is 3. The van der Waals surface area contributed by atoms with Crippen molar-refractivity contribution in [3.05, 3.63) is 181 Å². The van der Waals surface area contributed by atoms with Gasteiger partial charge < -0.3 is 9.30 Å². The fourth-order valence-electron chi connectivity index (χ4n) is 6.46.